The summed E-state index contributed by atoms with van der Waals surface area (Å²) >= 11 is 4.11. The molecule has 0 bridgehead atoms. The number of rotatable bonds is 14. The molecule has 0 radical (unpaired) electrons. The van der Waals surface area contributed by atoms with Gasteiger partial charge in [-0.1, -0.05) is 59.7 Å². The number of methoxy groups -OCH3 is 1. The normalized spacial score (nSPS) is 21.8. The number of ketones is 1. The lowest BCUT2D eigenvalue weighted by Gasteiger charge is -2.29. The number of nitrogens with zero attached hydrogens (tertiary/aromatic N) is 2. The Morgan fingerprint density at radius 3 is 2.56 bits per heavy atom. The fourth-order valence-corrected chi connectivity index (χ4v) is 8.33. The van der Waals surface area contributed by atoms with E-state index in [-0.39, 0.29) is 28.0 Å². The first-order valence-corrected chi connectivity index (χ1v) is 16.8. The van der Waals surface area contributed by atoms with Gasteiger partial charge < -0.3 is 9.64 Å². The number of esters is 1. The van der Waals surface area contributed by atoms with E-state index in [0.29, 0.717) is 5.25 Å². The van der Waals surface area contributed by atoms with Crippen molar-refractivity contribution in [2.75, 3.05) is 51.3 Å². The van der Waals surface area contributed by atoms with Crippen molar-refractivity contribution in [3.05, 3.63) is 35.4 Å². The Morgan fingerprint density at radius 2 is 1.85 bits per heavy atom. The van der Waals surface area contributed by atoms with Crippen LogP contribution in [0, 0.1) is 11.3 Å². The van der Waals surface area contributed by atoms with Gasteiger partial charge in [0.2, 0.25) is 0 Å². The molecule has 39 heavy (non-hydrogen) atoms. The second-order valence-electron chi connectivity index (χ2n) is 13.1. The molecule has 0 amide bonds. The molecule has 2 aliphatic heterocycles. The number of carbonyl (C=O) groups excluding carboxylic acids is 2. The average molecular weight is 577 g/mol. The van der Waals surface area contributed by atoms with Gasteiger partial charge in [-0.25, -0.2) is 0 Å². The summed E-state index contributed by atoms with van der Waals surface area (Å²) in [6.45, 7) is 18.6. The molecule has 0 spiro atoms. The van der Waals surface area contributed by atoms with Crippen LogP contribution >= 0.6 is 23.5 Å². The quantitative estimate of drug-likeness (QED) is 0.187. The summed E-state index contributed by atoms with van der Waals surface area (Å²) in [5, 5.41) is 0.535. The zero-order valence-electron chi connectivity index (χ0n) is 25.5. The first-order chi connectivity index (χ1) is 18.4. The van der Waals surface area contributed by atoms with Gasteiger partial charge >= 0.3 is 5.97 Å². The zero-order chi connectivity index (χ0) is 28.6. The number of likely N-dealkylation sites (tertiary alicyclic amines) is 2. The van der Waals surface area contributed by atoms with E-state index in [4.69, 9.17) is 4.74 Å². The number of hydrogen-bond acceptors (Lipinski definition) is 7. The Kier molecular flexibility index (Phi) is 12.3. The van der Waals surface area contributed by atoms with Crippen LogP contribution in [0.25, 0.3) is 0 Å². The highest BCUT2D eigenvalue weighted by atomic mass is 32.2. The van der Waals surface area contributed by atoms with E-state index in [0.717, 1.165) is 61.9 Å². The van der Waals surface area contributed by atoms with E-state index in [1.165, 1.54) is 38.6 Å². The molecule has 2 aliphatic rings. The van der Waals surface area contributed by atoms with Crippen molar-refractivity contribution in [1.29, 1.82) is 0 Å². The summed E-state index contributed by atoms with van der Waals surface area (Å²) in [7, 11) is 1.50. The van der Waals surface area contributed by atoms with Crippen LogP contribution < -0.4 is 0 Å². The van der Waals surface area contributed by atoms with Crippen LogP contribution in [-0.2, 0) is 16.0 Å². The van der Waals surface area contributed by atoms with E-state index >= 15 is 0 Å². The molecule has 3 rings (SSSR count). The van der Waals surface area contributed by atoms with Crippen molar-refractivity contribution in [2.24, 2.45) is 11.3 Å². The fraction of sp³-hybridized carbons (Fsp3) is 0.750. The second-order valence-corrected chi connectivity index (χ2v) is 16.5. The molecular formula is C32H52N2O3S2. The van der Waals surface area contributed by atoms with Crippen LogP contribution in [0.3, 0.4) is 0 Å². The topological polar surface area (TPSA) is 49.9 Å². The van der Waals surface area contributed by atoms with Crippen LogP contribution in [0.5, 0.6) is 0 Å². The standard InChI is InChI=1S/C32H52N2O3S2/c1-24(20-25-10-8-11-27(21-25)29(35)31(2,3)4)38-18-16-33-15-13-26(23-33)22-32(5,6)39-19-17-34-14-9-12-28(34)30(36)37-7/h8,10-11,21,24,26,28H,9,12-20,22-23H2,1-7H3. The summed E-state index contributed by atoms with van der Waals surface area (Å²) in [6, 6.07) is 8.20. The SMILES string of the molecule is COC(=O)C1CCCN1CCSC(C)(C)CC1CCN(CCSC(C)Cc2cccc(C(=O)C(C)(C)C)c2)C1. The van der Waals surface area contributed by atoms with Crippen LogP contribution in [0.1, 0.15) is 83.1 Å². The minimum Gasteiger partial charge on any atom is -0.468 e. The van der Waals surface area contributed by atoms with Gasteiger partial charge in [0.15, 0.2) is 5.78 Å². The summed E-state index contributed by atoms with van der Waals surface area (Å²) in [6.07, 6.45) is 5.58. The predicted molar refractivity (Wildman–Crippen MR) is 168 cm³/mol. The van der Waals surface area contributed by atoms with Crippen molar-refractivity contribution in [2.45, 2.75) is 89.7 Å². The average Bonchev–Trinajstić information content (AvgIpc) is 3.51. The van der Waals surface area contributed by atoms with Crippen molar-refractivity contribution < 1.29 is 14.3 Å². The van der Waals surface area contributed by atoms with Gasteiger partial charge in [-0.15, -0.1) is 0 Å². The number of hydrogen-bond donors (Lipinski definition) is 0. The first kappa shape index (κ1) is 32.5. The molecule has 3 unspecified atom stereocenters. The molecule has 5 nitrogen and oxygen atoms in total. The van der Waals surface area contributed by atoms with Gasteiger partial charge in [-0.3, -0.25) is 14.5 Å². The Balaban J connectivity index is 1.33. The molecule has 0 aliphatic carbocycles. The maximum absolute atomic E-state index is 12.7. The molecule has 0 N–H and O–H groups in total. The van der Waals surface area contributed by atoms with Gasteiger partial charge in [0.25, 0.3) is 0 Å². The molecule has 7 heteroatoms. The van der Waals surface area contributed by atoms with Crippen LogP contribution in [0.4, 0.5) is 0 Å². The lowest BCUT2D eigenvalue weighted by atomic mass is 9.86. The molecule has 0 saturated carbocycles. The molecule has 2 fully saturated rings. The first-order valence-electron chi connectivity index (χ1n) is 14.8. The predicted octanol–water partition coefficient (Wildman–Crippen LogP) is 6.44. The Labute approximate surface area is 246 Å². The monoisotopic (exact) mass is 576 g/mol. The van der Waals surface area contributed by atoms with Gasteiger partial charge in [0, 0.05) is 52.1 Å². The van der Waals surface area contributed by atoms with E-state index in [1.807, 2.05) is 32.9 Å². The molecular weight excluding hydrogens is 524 g/mol. The fourth-order valence-electron chi connectivity index (χ4n) is 6.02. The highest BCUT2D eigenvalue weighted by Crippen LogP contribution is 2.35. The number of carbonyl (C=O) groups is 2. The molecule has 1 aromatic rings. The number of Topliss-reactive ketones (excluding diaryl/α,β-unsaturated/α-hetero) is 1. The largest absolute Gasteiger partial charge is 0.468 e. The zero-order valence-corrected chi connectivity index (χ0v) is 27.1. The number of thioether (sulfide) groups is 2. The Bertz CT molecular complexity index is 946. The van der Waals surface area contributed by atoms with E-state index in [1.54, 1.807) is 0 Å². The van der Waals surface area contributed by atoms with Crippen molar-refractivity contribution in [3.8, 4) is 0 Å². The summed E-state index contributed by atoms with van der Waals surface area (Å²) < 4.78 is 5.25. The van der Waals surface area contributed by atoms with Crippen molar-refractivity contribution in [1.82, 2.24) is 9.80 Å². The summed E-state index contributed by atoms with van der Waals surface area (Å²) in [5.41, 5.74) is 1.75. The number of benzene rings is 1. The van der Waals surface area contributed by atoms with Crippen LogP contribution in [0.15, 0.2) is 24.3 Å². The second kappa shape index (κ2) is 14.7. The molecule has 3 atom stereocenters. The maximum atomic E-state index is 12.7. The van der Waals surface area contributed by atoms with Crippen LogP contribution in [0.2, 0.25) is 0 Å². The molecule has 2 heterocycles. The van der Waals surface area contributed by atoms with Gasteiger partial charge in [0.1, 0.15) is 6.04 Å². The van der Waals surface area contributed by atoms with E-state index in [9.17, 15) is 9.59 Å². The van der Waals surface area contributed by atoms with Gasteiger partial charge in [-0.2, -0.15) is 23.5 Å². The third-order valence-corrected chi connectivity index (χ3v) is 10.6. The van der Waals surface area contributed by atoms with Crippen LogP contribution in [-0.4, -0.2) is 88.9 Å². The Morgan fingerprint density at radius 1 is 1.08 bits per heavy atom. The summed E-state index contributed by atoms with van der Waals surface area (Å²) in [5.74, 6) is 3.14. The van der Waals surface area contributed by atoms with Gasteiger partial charge in [0.05, 0.1) is 7.11 Å². The minimum atomic E-state index is -0.344. The van der Waals surface area contributed by atoms with E-state index < -0.39 is 0 Å². The Hall–Kier alpha value is -1.02. The minimum absolute atomic E-state index is 0.0366. The lowest BCUT2D eigenvalue weighted by molar-refractivity contribution is -0.145. The van der Waals surface area contributed by atoms with Crippen molar-refractivity contribution in [3.63, 3.8) is 0 Å². The van der Waals surface area contributed by atoms with Crippen molar-refractivity contribution >= 4 is 35.3 Å². The number of ether oxygens (including phenoxy) is 1. The molecule has 220 valence electrons. The maximum Gasteiger partial charge on any atom is 0.323 e. The molecule has 0 aromatic heterocycles. The third kappa shape index (κ3) is 10.4. The van der Waals surface area contributed by atoms with E-state index in [2.05, 4.69) is 66.2 Å². The summed E-state index contributed by atoms with van der Waals surface area (Å²) in [4.78, 5) is 29.6. The molecule has 1 aromatic carbocycles. The molecule has 2 saturated heterocycles. The van der Waals surface area contributed by atoms with Gasteiger partial charge in [-0.05, 0) is 62.7 Å². The lowest BCUT2D eigenvalue weighted by Crippen LogP contribution is -2.38. The smallest absolute Gasteiger partial charge is 0.323 e. The third-order valence-electron chi connectivity index (χ3n) is 8.06. The highest BCUT2D eigenvalue weighted by Gasteiger charge is 2.33. The highest BCUT2D eigenvalue weighted by molar-refractivity contribution is 8.00.